The summed E-state index contributed by atoms with van der Waals surface area (Å²) in [5.74, 6) is 0.499. The Balaban J connectivity index is 1.73. The van der Waals surface area contributed by atoms with E-state index in [-0.39, 0.29) is 17.4 Å². The number of rotatable bonds is 4. The summed E-state index contributed by atoms with van der Waals surface area (Å²) in [6.07, 6.45) is 7.13. The van der Waals surface area contributed by atoms with E-state index in [0.29, 0.717) is 18.0 Å². The van der Waals surface area contributed by atoms with E-state index in [9.17, 15) is 13.2 Å². The van der Waals surface area contributed by atoms with Crippen LogP contribution in [0.1, 0.15) is 30.9 Å². The van der Waals surface area contributed by atoms with Crippen LogP contribution in [-0.2, 0) is 33.9 Å². The smallest absolute Gasteiger partial charge is 0.274 e. The fraction of sp³-hybridized carbons (Fsp3) is 0.458. The van der Waals surface area contributed by atoms with Crippen LogP contribution in [0.5, 0.6) is 0 Å². The number of aromatic amines is 1. The van der Waals surface area contributed by atoms with Crippen LogP contribution < -0.4 is 10.5 Å². The first-order valence-electron chi connectivity index (χ1n) is 11.1. The second-order valence-electron chi connectivity index (χ2n) is 9.26. The molecule has 7 nitrogen and oxygen atoms in total. The van der Waals surface area contributed by atoms with E-state index in [1.807, 2.05) is 24.5 Å². The van der Waals surface area contributed by atoms with Gasteiger partial charge < -0.3 is 19.2 Å². The number of ether oxygens (including phenoxy) is 1. The van der Waals surface area contributed by atoms with Gasteiger partial charge in [-0.3, -0.25) is 4.79 Å². The summed E-state index contributed by atoms with van der Waals surface area (Å²) in [4.78, 5) is 18.4. The van der Waals surface area contributed by atoms with Crippen molar-refractivity contribution in [2.75, 3.05) is 24.4 Å². The minimum atomic E-state index is -3.17. The summed E-state index contributed by atoms with van der Waals surface area (Å²) >= 11 is 0. The molecule has 32 heavy (non-hydrogen) atoms. The van der Waals surface area contributed by atoms with Crippen molar-refractivity contribution in [1.82, 2.24) is 9.55 Å². The lowest BCUT2D eigenvalue weighted by Crippen LogP contribution is -2.40. The first-order valence-corrected chi connectivity index (χ1v) is 13.1. The molecule has 1 aromatic carbocycles. The number of hydrogen-bond donors (Lipinski definition) is 1. The third-order valence-electron chi connectivity index (χ3n) is 6.96. The molecule has 0 amide bonds. The van der Waals surface area contributed by atoms with Gasteiger partial charge in [0.25, 0.3) is 5.56 Å². The molecule has 3 aromatic rings. The van der Waals surface area contributed by atoms with E-state index in [4.69, 9.17) is 4.74 Å². The lowest BCUT2D eigenvalue weighted by Gasteiger charge is -2.38. The molecule has 1 N–H and O–H groups in total. The molecule has 0 saturated carbocycles. The van der Waals surface area contributed by atoms with Gasteiger partial charge in [0.15, 0.2) is 9.84 Å². The predicted octanol–water partition coefficient (Wildman–Crippen LogP) is 3.21. The van der Waals surface area contributed by atoms with Crippen molar-refractivity contribution in [2.45, 2.75) is 38.1 Å². The minimum Gasteiger partial charge on any atom is -0.381 e. The molecule has 8 heteroatoms. The summed E-state index contributed by atoms with van der Waals surface area (Å²) in [7, 11) is -1.41. The maximum absolute atomic E-state index is 12.8. The molecule has 2 aromatic heterocycles. The third-order valence-corrected chi connectivity index (χ3v) is 7.82. The van der Waals surface area contributed by atoms with Crippen molar-refractivity contribution in [1.29, 1.82) is 0 Å². The zero-order valence-corrected chi connectivity index (χ0v) is 19.5. The van der Waals surface area contributed by atoms with Gasteiger partial charge in [-0.25, -0.2) is 8.42 Å². The zero-order valence-electron chi connectivity index (χ0n) is 18.7. The van der Waals surface area contributed by atoms with Crippen LogP contribution in [-0.4, -0.2) is 43.5 Å². The summed E-state index contributed by atoms with van der Waals surface area (Å²) in [5, 5.41) is 0.938. The van der Waals surface area contributed by atoms with Crippen LogP contribution >= 0.6 is 0 Å². The van der Waals surface area contributed by atoms with Crippen LogP contribution in [0.4, 0.5) is 5.69 Å². The maximum atomic E-state index is 12.8. The lowest BCUT2D eigenvalue weighted by molar-refractivity contribution is 0.0591. The molecule has 1 atom stereocenters. The van der Waals surface area contributed by atoms with Gasteiger partial charge in [-0.15, -0.1) is 0 Å². The number of nitrogens with one attached hydrogen (secondary N) is 1. The number of fused-ring (bicyclic) bond motifs is 2. The number of aromatic nitrogens is 2. The first kappa shape index (κ1) is 21.3. The van der Waals surface area contributed by atoms with E-state index >= 15 is 0 Å². The topological polar surface area (TPSA) is 84.4 Å². The Hall–Kier alpha value is -2.58. The van der Waals surface area contributed by atoms with E-state index < -0.39 is 9.84 Å². The molecule has 2 aliphatic rings. The number of aryl methyl sites for hydroxylation is 1. The van der Waals surface area contributed by atoms with Crippen molar-refractivity contribution in [3.8, 4) is 11.1 Å². The lowest BCUT2D eigenvalue weighted by atomic mass is 9.90. The summed E-state index contributed by atoms with van der Waals surface area (Å²) in [6.45, 7) is 4.53. The quantitative estimate of drug-likeness (QED) is 0.653. The van der Waals surface area contributed by atoms with Crippen molar-refractivity contribution >= 4 is 26.4 Å². The van der Waals surface area contributed by atoms with Crippen LogP contribution in [0, 0.1) is 5.92 Å². The average molecular weight is 456 g/mol. The first-order chi connectivity index (χ1) is 15.2. The van der Waals surface area contributed by atoms with Gasteiger partial charge in [0, 0.05) is 73.7 Å². The highest BCUT2D eigenvalue weighted by molar-refractivity contribution is 7.89. The molecular weight excluding hydrogens is 426 g/mol. The van der Waals surface area contributed by atoms with Crippen molar-refractivity contribution < 1.29 is 13.2 Å². The third kappa shape index (κ3) is 3.65. The number of pyridine rings is 1. The molecule has 1 unspecified atom stereocenters. The van der Waals surface area contributed by atoms with Crippen molar-refractivity contribution in [3.63, 3.8) is 0 Å². The van der Waals surface area contributed by atoms with Gasteiger partial charge in [0.2, 0.25) is 0 Å². The van der Waals surface area contributed by atoms with Crippen LogP contribution in [0.3, 0.4) is 0 Å². The number of hydrogen-bond acceptors (Lipinski definition) is 5. The number of anilines is 1. The van der Waals surface area contributed by atoms with Gasteiger partial charge in [0.05, 0.1) is 5.75 Å². The molecule has 5 rings (SSSR count). The zero-order chi connectivity index (χ0) is 22.6. The molecule has 0 radical (unpaired) electrons. The van der Waals surface area contributed by atoms with Gasteiger partial charge in [-0.1, -0.05) is 6.07 Å². The number of nitrogens with zero attached hydrogens (tertiary/aromatic N) is 2. The Kier molecular flexibility index (Phi) is 5.17. The highest BCUT2D eigenvalue weighted by atomic mass is 32.2. The monoisotopic (exact) mass is 455 g/mol. The van der Waals surface area contributed by atoms with E-state index in [1.165, 1.54) is 6.26 Å². The highest BCUT2D eigenvalue weighted by Crippen LogP contribution is 2.43. The Morgan fingerprint density at radius 2 is 1.97 bits per heavy atom. The van der Waals surface area contributed by atoms with E-state index in [2.05, 4.69) is 22.9 Å². The highest BCUT2D eigenvalue weighted by Gasteiger charge is 2.31. The predicted molar refractivity (Wildman–Crippen MR) is 127 cm³/mol. The molecule has 0 spiro atoms. The Bertz CT molecular complexity index is 1350. The van der Waals surface area contributed by atoms with Crippen molar-refractivity contribution in [3.05, 3.63) is 52.1 Å². The fourth-order valence-corrected chi connectivity index (χ4v) is 6.07. The molecule has 2 aliphatic heterocycles. The SMILES string of the molecule is CC(C1CCOCC1)N1Cc2c[nH]c3c(=O)n(C)cc(c23)-c2cc(CS(C)(=O)=O)ccc21. The number of benzene rings is 1. The second-order valence-corrected chi connectivity index (χ2v) is 11.4. The van der Waals surface area contributed by atoms with Gasteiger partial charge >= 0.3 is 0 Å². The van der Waals surface area contributed by atoms with Crippen molar-refractivity contribution in [2.24, 2.45) is 13.0 Å². The average Bonchev–Trinajstić information content (AvgIpc) is 3.12. The second kappa shape index (κ2) is 7.78. The van der Waals surface area contributed by atoms with Crippen LogP contribution in [0.15, 0.2) is 35.4 Å². The molecule has 0 aliphatic carbocycles. The summed E-state index contributed by atoms with van der Waals surface area (Å²) in [5.41, 5.74) is 5.40. The summed E-state index contributed by atoms with van der Waals surface area (Å²) < 4.78 is 31.2. The Morgan fingerprint density at radius 1 is 1.22 bits per heavy atom. The molecule has 0 bridgehead atoms. The number of H-pyrrole nitrogens is 1. The molecule has 170 valence electrons. The standard InChI is InChI=1S/C24H29N3O4S/c1-15(17-6-8-31-9-7-17)27-12-18-11-25-23-22(18)20(13-26(2)24(23)28)19-10-16(4-5-21(19)27)14-32(3,29)30/h4-5,10-11,13,15,17,25H,6-9,12,14H2,1-3H3. The fourth-order valence-electron chi connectivity index (χ4n) is 5.29. The van der Waals surface area contributed by atoms with Crippen LogP contribution in [0.2, 0.25) is 0 Å². The number of sulfone groups is 1. The largest absolute Gasteiger partial charge is 0.381 e. The minimum absolute atomic E-state index is 0.00923. The molecule has 4 heterocycles. The van der Waals surface area contributed by atoms with E-state index in [0.717, 1.165) is 59.4 Å². The molecule has 1 fully saturated rings. The Labute approximate surface area is 187 Å². The molecule has 1 saturated heterocycles. The van der Waals surface area contributed by atoms with Crippen LogP contribution in [0.25, 0.3) is 22.0 Å². The maximum Gasteiger partial charge on any atom is 0.274 e. The van der Waals surface area contributed by atoms with Gasteiger partial charge in [0.1, 0.15) is 5.52 Å². The summed E-state index contributed by atoms with van der Waals surface area (Å²) in [6, 6.07) is 6.24. The Morgan fingerprint density at radius 3 is 2.69 bits per heavy atom. The van der Waals surface area contributed by atoms with Gasteiger partial charge in [-0.2, -0.15) is 0 Å². The normalized spacial score (nSPS) is 17.9. The van der Waals surface area contributed by atoms with E-state index in [1.54, 1.807) is 11.6 Å². The molecular formula is C24H29N3O4S. The van der Waals surface area contributed by atoms with Gasteiger partial charge in [-0.05, 0) is 48.9 Å².